The summed E-state index contributed by atoms with van der Waals surface area (Å²) in [6, 6.07) is 0. The van der Waals surface area contributed by atoms with E-state index in [1.54, 1.807) is 14.0 Å². The summed E-state index contributed by atoms with van der Waals surface area (Å²) in [5.41, 5.74) is 5.06. The minimum Gasteiger partial charge on any atom is -0.354 e. The van der Waals surface area contributed by atoms with Crippen molar-refractivity contribution in [2.75, 3.05) is 20.1 Å². The maximum atomic E-state index is 12.0. The molecule has 1 unspecified atom stereocenters. The lowest BCUT2D eigenvalue weighted by Crippen LogP contribution is -2.54. The first-order valence-electron chi connectivity index (χ1n) is 6.51. The number of carbonyl (C=O) groups excluding carboxylic acids is 2. The molecule has 0 aromatic carbocycles. The molecule has 0 bridgehead atoms. The lowest BCUT2D eigenvalue weighted by Gasteiger charge is -2.28. The number of hydrogen-bond donors (Lipinski definition) is 2. The normalized spacial score (nSPS) is 14.2. The van der Waals surface area contributed by atoms with Crippen LogP contribution in [0.1, 0.15) is 40.5 Å². The zero-order valence-electron chi connectivity index (χ0n) is 12.2. The number of likely N-dealkylation sites (N-methyl/N-ethyl adjacent to an activating group) is 1. The maximum Gasteiger partial charge on any atom is 0.242 e. The molecule has 2 amide bonds. The molecule has 0 radical (unpaired) electrons. The largest absolute Gasteiger partial charge is 0.354 e. The molecule has 0 heterocycles. The van der Waals surface area contributed by atoms with E-state index in [9.17, 15) is 9.59 Å². The van der Waals surface area contributed by atoms with Gasteiger partial charge in [0, 0.05) is 13.6 Å². The fraction of sp³-hybridized carbons (Fsp3) is 0.846. The Hall–Kier alpha value is -1.10. The molecular formula is C13H27N3O2. The quantitative estimate of drug-likeness (QED) is 0.706. The molecule has 0 aliphatic heterocycles. The summed E-state index contributed by atoms with van der Waals surface area (Å²) in [5, 5.41) is 2.78. The Balaban J connectivity index is 4.27. The van der Waals surface area contributed by atoms with Crippen molar-refractivity contribution in [3.63, 3.8) is 0 Å². The molecule has 0 saturated heterocycles. The van der Waals surface area contributed by atoms with Crippen LogP contribution in [0.2, 0.25) is 0 Å². The van der Waals surface area contributed by atoms with Gasteiger partial charge in [-0.3, -0.25) is 9.59 Å². The third-order valence-electron chi connectivity index (χ3n) is 2.69. The Kier molecular flexibility index (Phi) is 6.91. The topological polar surface area (TPSA) is 75.4 Å². The van der Waals surface area contributed by atoms with Crippen LogP contribution in [0, 0.1) is 5.92 Å². The van der Waals surface area contributed by atoms with Gasteiger partial charge in [0.25, 0.3) is 0 Å². The van der Waals surface area contributed by atoms with Crippen molar-refractivity contribution in [1.82, 2.24) is 10.2 Å². The van der Waals surface area contributed by atoms with Crippen molar-refractivity contribution in [3.05, 3.63) is 0 Å². The second kappa shape index (κ2) is 7.36. The summed E-state index contributed by atoms with van der Waals surface area (Å²) in [7, 11) is 1.61. The second-order valence-corrected chi connectivity index (χ2v) is 5.53. The summed E-state index contributed by atoms with van der Waals surface area (Å²) < 4.78 is 0. The van der Waals surface area contributed by atoms with Crippen LogP contribution >= 0.6 is 0 Å². The molecule has 0 saturated carbocycles. The summed E-state index contributed by atoms with van der Waals surface area (Å²) in [5.74, 6) is 0.0609. The van der Waals surface area contributed by atoms with Gasteiger partial charge in [-0.05, 0) is 19.3 Å². The third kappa shape index (κ3) is 6.00. The van der Waals surface area contributed by atoms with Crippen molar-refractivity contribution in [1.29, 1.82) is 0 Å². The van der Waals surface area contributed by atoms with E-state index in [0.717, 1.165) is 6.42 Å². The van der Waals surface area contributed by atoms with Crippen LogP contribution in [0.4, 0.5) is 0 Å². The van der Waals surface area contributed by atoms with E-state index >= 15 is 0 Å². The van der Waals surface area contributed by atoms with Crippen molar-refractivity contribution in [2.45, 2.75) is 46.1 Å². The minimum atomic E-state index is -0.887. The minimum absolute atomic E-state index is 0.0576. The number of nitrogens with zero attached hydrogens (tertiary/aromatic N) is 1. The lowest BCUT2D eigenvalue weighted by molar-refractivity contribution is -0.139. The Labute approximate surface area is 110 Å². The van der Waals surface area contributed by atoms with Crippen molar-refractivity contribution in [2.24, 2.45) is 11.7 Å². The van der Waals surface area contributed by atoms with Crippen LogP contribution in [0.5, 0.6) is 0 Å². The van der Waals surface area contributed by atoms with Gasteiger partial charge in [-0.25, -0.2) is 0 Å². The van der Waals surface area contributed by atoms with Crippen LogP contribution in [0.15, 0.2) is 0 Å². The van der Waals surface area contributed by atoms with Crippen LogP contribution in [0.25, 0.3) is 0 Å². The molecule has 0 fully saturated rings. The van der Waals surface area contributed by atoms with Gasteiger partial charge in [0.1, 0.15) is 0 Å². The zero-order chi connectivity index (χ0) is 14.3. The molecular weight excluding hydrogens is 230 g/mol. The number of nitrogens with one attached hydrogen (secondary N) is 1. The van der Waals surface area contributed by atoms with Gasteiger partial charge >= 0.3 is 0 Å². The third-order valence-corrected chi connectivity index (χ3v) is 2.69. The smallest absolute Gasteiger partial charge is 0.242 e. The summed E-state index contributed by atoms with van der Waals surface area (Å²) in [6.45, 7) is 8.41. The molecule has 0 aromatic rings. The van der Waals surface area contributed by atoms with Gasteiger partial charge in [0.2, 0.25) is 11.8 Å². The highest BCUT2D eigenvalue weighted by Crippen LogP contribution is 2.11. The van der Waals surface area contributed by atoms with E-state index in [2.05, 4.69) is 5.32 Å². The molecule has 0 rings (SSSR count). The molecule has 5 nitrogen and oxygen atoms in total. The van der Waals surface area contributed by atoms with E-state index in [1.807, 2.05) is 20.8 Å². The predicted molar refractivity (Wildman–Crippen MR) is 73.0 cm³/mol. The standard InChI is InChI=1S/C13H27N3O2/c1-6-7-13(4,14)12(18)16(5)9-11(17)15-8-10(2)3/h10H,6-9,14H2,1-5H3,(H,15,17). The molecule has 0 aliphatic rings. The first-order chi connectivity index (χ1) is 8.20. The zero-order valence-corrected chi connectivity index (χ0v) is 12.2. The Morgan fingerprint density at radius 1 is 1.39 bits per heavy atom. The SMILES string of the molecule is CCCC(C)(N)C(=O)N(C)CC(=O)NCC(C)C. The molecule has 1 atom stereocenters. The fourth-order valence-corrected chi connectivity index (χ4v) is 1.72. The Morgan fingerprint density at radius 2 is 1.94 bits per heavy atom. The van der Waals surface area contributed by atoms with E-state index in [0.29, 0.717) is 18.9 Å². The highest BCUT2D eigenvalue weighted by Gasteiger charge is 2.30. The van der Waals surface area contributed by atoms with Gasteiger partial charge in [-0.2, -0.15) is 0 Å². The number of carbonyl (C=O) groups is 2. The van der Waals surface area contributed by atoms with Crippen molar-refractivity contribution in [3.8, 4) is 0 Å². The molecule has 0 spiro atoms. The number of nitrogens with two attached hydrogens (primary N) is 1. The van der Waals surface area contributed by atoms with Crippen LogP contribution < -0.4 is 11.1 Å². The predicted octanol–water partition coefficient (Wildman–Crippen LogP) is 0.735. The van der Waals surface area contributed by atoms with E-state index in [4.69, 9.17) is 5.73 Å². The van der Waals surface area contributed by atoms with Gasteiger partial charge in [0.15, 0.2) is 0 Å². The molecule has 0 aromatic heterocycles. The van der Waals surface area contributed by atoms with Gasteiger partial charge < -0.3 is 16.0 Å². The van der Waals surface area contributed by atoms with Crippen molar-refractivity contribution < 1.29 is 9.59 Å². The average Bonchev–Trinajstić information content (AvgIpc) is 2.25. The van der Waals surface area contributed by atoms with E-state index in [1.165, 1.54) is 4.90 Å². The molecule has 5 heteroatoms. The van der Waals surface area contributed by atoms with Crippen molar-refractivity contribution >= 4 is 11.8 Å². The highest BCUT2D eigenvalue weighted by atomic mass is 16.2. The summed E-state index contributed by atoms with van der Waals surface area (Å²) in [6.07, 6.45) is 1.45. The monoisotopic (exact) mass is 257 g/mol. The van der Waals surface area contributed by atoms with Crippen LogP contribution in [-0.2, 0) is 9.59 Å². The van der Waals surface area contributed by atoms with Gasteiger partial charge in [0.05, 0.1) is 12.1 Å². The van der Waals surface area contributed by atoms with Gasteiger partial charge in [-0.1, -0.05) is 27.2 Å². The first kappa shape index (κ1) is 16.9. The number of hydrogen-bond acceptors (Lipinski definition) is 3. The second-order valence-electron chi connectivity index (χ2n) is 5.53. The molecule has 18 heavy (non-hydrogen) atoms. The molecule has 3 N–H and O–H groups in total. The van der Waals surface area contributed by atoms with Gasteiger partial charge in [-0.15, -0.1) is 0 Å². The first-order valence-corrected chi connectivity index (χ1v) is 6.51. The summed E-state index contributed by atoms with van der Waals surface area (Å²) in [4.78, 5) is 25.0. The Bertz CT molecular complexity index is 288. The number of rotatable bonds is 7. The lowest BCUT2D eigenvalue weighted by atomic mass is 9.96. The average molecular weight is 257 g/mol. The van der Waals surface area contributed by atoms with E-state index in [-0.39, 0.29) is 18.4 Å². The molecule has 0 aliphatic carbocycles. The fourth-order valence-electron chi connectivity index (χ4n) is 1.72. The highest BCUT2D eigenvalue weighted by molar-refractivity contribution is 5.89. The maximum absolute atomic E-state index is 12.0. The summed E-state index contributed by atoms with van der Waals surface area (Å²) >= 11 is 0. The Morgan fingerprint density at radius 3 is 2.39 bits per heavy atom. The van der Waals surface area contributed by atoms with E-state index < -0.39 is 5.54 Å². The molecule has 106 valence electrons. The van der Waals surface area contributed by atoms with Crippen LogP contribution in [-0.4, -0.2) is 42.4 Å². The number of amides is 2. The van der Waals surface area contributed by atoms with Crippen LogP contribution in [0.3, 0.4) is 0 Å².